The Hall–Kier alpha value is -2.16. The van der Waals surface area contributed by atoms with Crippen molar-refractivity contribution in [3.05, 3.63) is 46.5 Å². The molecule has 1 fully saturated rings. The summed E-state index contributed by atoms with van der Waals surface area (Å²) in [5, 5.41) is 6.15. The molecule has 0 spiro atoms. The zero-order valence-electron chi connectivity index (χ0n) is 11.1. The molecule has 1 aliphatic rings. The van der Waals surface area contributed by atoms with Crippen molar-refractivity contribution < 1.29 is 18.0 Å². The second-order valence-electron chi connectivity index (χ2n) is 5.08. The monoisotopic (exact) mass is 328 g/mol. The van der Waals surface area contributed by atoms with Gasteiger partial charge in [-0.1, -0.05) is 18.2 Å². The van der Waals surface area contributed by atoms with E-state index in [0.717, 1.165) is 12.1 Å². The van der Waals surface area contributed by atoms with Crippen LogP contribution in [0.25, 0.3) is 0 Å². The molecule has 1 heterocycles. The van der Waals surface area contributed by atoms with Crippen molar-refractivity contribution in [2.45, 2.75) is 18.5 Å². The van der Waals surface area contributed by atoms with E-state index in [4.69, 9.17) is 12.2 Å². The molecule has 116 valence electrons. The first kappa shape index (κ1) is 14.8. The van der Waals surface area contributed by atoms with Gasteiger partial charge in [0, 0.05) is 5.92 Å². The summed E-state index contributed by atoms with van der Waals surface area (Å²) in [4.78, 5) is 12.0. The number of benzene rings is 1. The summed E-state index contributed by atoms with van der Waals surface area (Å²) in [5.41, 5.74) is 2.37. The van der Waals surface area contributed by atoms with Crippen LogP contribution in [0.5, 0.6) is 0 Å². The van der Waals surface area contributed by atoms with Gasteiger partial charge in [0.1, 0.15) is 6.33 Å². The van der Waals surface area contributed by atoms with E-state index in [0.29, 0.717) is 12.0 Å². The van der Waals surface area contributed by atoms with E-state index in [2.05, 4.69) is 15.6 Å². The number of amides is 1. The fraction of sp³-hybridized carbons (Fsp3) is 0.308. The van der Waals surface area contributed by atoms with Gasteiger partial charge < -0.3 is 0 Å². The minimum absolute atomic E-state index is 0.205. The number of alkyl halides is 3. The average molecular weight is 328 g/mol. The highest BCUT2D eigenvalue weighted by Gasteiger charge is 2.45. The van der Waals surface area contributed by atoms with Gasteiger partial charge >= 0.3 is 6.18 Å². The van der Waals surface area contributed by atoms with Gasteiger partial charge in [0.25, 0.3) is 0 Å². The quantitative estimate of drug-likeness (QED) is 0.852. The number of aromatic amines is 1. The number of nitrogens with one attached hydrogen (secondary N) is 2. The predicted molar refractivity (Wildman–Crippen MR) is 74.1 cm³/mol. The van der Waals surface area contributed by atoms with Gasteiger partial charge in [-0.15, -0.1) is 0 Å². The molecule has 0 unspecified atom stereocenters. The average Bonchev–Trinajstić information content (AvgIpc) is 3.17. The van der Waals surface area contributed by atoms with Gasteiger partial charge in [0.15, 0.2) is 0 Å². The molecule has 1 saturated carbocycles. The molecule has 3 rings (SSSR count). The largest absolute Gasteiger partial charge is 0.416 e. The van der Waals surface area contributed by atoms with E-state index in [1.54, 1.807) is 6.07 Å². The van der Waals surface area contributed by atoms with Gasteiger partial charge in [-0.3, -0.25) is 15.3 Å². The number of rotatable bonds is 3. The standard InChI is InChI=1S/C13H11F3N4OS/c14-13(15,16)8-3-1-2-7(4-8)9-5-10(9)11(21)19-20-6-17-18-12(20)22/h1-4,6,9-10H,5H2,(H,18,22)(H,19,21)/t9-,10-/m1/s1. The first-order chi connectivity index (χ1) is 10.4. The second-order valence-corrected chi connectivity index (χ2v) is 5.47. The normalized spacial score (nSPS) is 20.7. The van der Waals surface area contributed by atoms with E-state index in [9.17, 15) is 18.0 Å². The van der Waals surface area contributed by atoms with Crippen LogP contribution < -0.4 is 5.43 Å². The van der Waals surface area contributed by atoms with E-state index in [1.165, 1.54) is 17.1 Å². The molecule has 2 N–H and O–H groups in total. The van der Waals surface area contributed by atoms with Gasteiger partial charge in [0.2, 0.25) is 10.7 Å². The molecule has 22 heavy (non-hydrogen) atoms. The Morgan fingerprint density at radius 3 is 2.86 bits per heavy atom. The Balaban J connectivity index is 1.71. The highest BCUT2D eigenvalue weighted by molar-refractivity contribution is 7.71. The zero-order valence-corrected chi connectivity index (χ0v) is 11.9. The number of carbonyl (C=O) groups excluding carboxylic acids is 1. The topological polar surface area (TPSA) is 62.7 Å². The van der Waals surface area contributed by atoms with Crippen LogP contribution in [0.2, 0.25) is 0 Å². The Morgan fingerprint density at radius 2 is 2.23 bits per heavy atom. The fourth-order valence-electron chi connectivity index (χ4n) is 2.33. The lowest BCUT2D eigenvalue weighted by molar-refractivity contribution is -0.137. The van der Waals surface area contributed by atoms with Crippen LogP contribution in [0, 0.1) is 10.7 Å². The first-order valence-corrected chi connectivity index (χ1v) is 6.87. The number of hydrogen-bond acceptors (Lipinski definition) is 3. The van der Waals surface area contributed by atoms with Crippen LogP contribution in [0.1, 0.15) is 23.5 Å². The maximum Gasteiger partial charge on any atom is 0.416 e. The number of carbonyl (C=O) groups is 1. The lowest BCUT2D eigenvalue weighted by atomic mass is 10.1. The van der Waals surface area contributed by atoms with Crippen molar-refractivity contribution in [3.8, 4) is 0 Å². The number of aromatic nitrogens is 3. The molecule has 0 saturated heterocycles. The molecule has 2 aromatic rings. The number of hydrogen-bond donors (Lipinski definition) is 2. The highest BCUT2D eigenvalue weighted by atomic mass is 32.1. The molecular weight excluding hydrogens is 317 g/mol. The van der Waals surface area contributed by atoms with E-state index >= 15 is 0 Å². The fourth-order valence-corrected chi connectivity index (χ4v) is 2.47. The predicted octanol–water partition coefficient (Wildman–Crippen LogP) is 2.83. The Kier molecular flexibility index (Phi) is 3.51. The minimum Gasteiger partial charge on any atom is -0.273 e. The molecule has 1 aliphatic carbocycles. The van der Waals surface area contributed by atoms with Crippen LogP contribution in [0.3, 0.4) is 0 Å². The molecule has 1 aromatic heterocycles. The van der Waals surface area contributed by atoms with Crippen molar-refractivity contribution in [2.24, 2.45) is 5.92 Å². The van der Waals surface area contributed by atoms with Crippen molar-refractivity contribution in [1.82, 2.24) is 14.9 Å². The molecule has 0 aliphatic heterocycles. The van der Waals surface area contributed by atoms with Gasteiger partial charge in [-0.25, -0.2) is 4.68 Å². The summed E-state index contributed by atoms with van der Waals surface area (Å²) in [7, 11) is 0. The van der Waals surface area contributed by atoms with Crippen LogP contribution in [0.15, 0.2) is 30.6 Å². The summed E-state index contributed by atoms with van der Waals surface area (Å²) in [6.07, 6.45) is -2.55. The zero-order chi connectivity index (χ0) is 15.9. The van der Waals surface area contributed by atoms with Crippen molar-refractivity contribution in [1.29, 1.82) is 0 Å². The Bertz CT molecular complexity index is 767. The Labute approximate surface area is 128 Å². The lowest BCUT2D eigenvalue weighted by Gasteiger charge is -2.08. The molecule has 9 heteroatoms. The number of H-pyrrole nitrogens is 1. The van der Waals surface area contributed by atoms with Crippen molar-refractivity contribution >= 4 is 18.1 Å². The molecule has 0 bridgehead atoms. The van der Waals surface area contributed by atoms with E-state index < -0.39 is 11.7 Å². The molecule has 1 aromatic carbocycles. The molecule has 5 nitrogen and oxygen atoms in total. The second kappa shape index (κ2) is 5.24. The van der Waals surface area contributed by atoms with E-state index in [1.807, 2.05) is 0 Å². The maximum atomic E-state index is 12.7. The van der Waals surface area contributed by atoms with Gasteiger partial charge in [-0.2, -0.15) is 18.3 Å². The molecule has 1 amide bonds. The number of halogens is 3. The number of nitrogens with zero attached hydrogens (tertiary/aromatic N) is 2. The third-order valence-electron chi connectivity index (χ3n) is 3.55. The Morgan fingerprint density at radius 1 is 1.45 bits per heavy atom. The van der Waals surface area contributed by atoms with Crippen molar-refractivity contribution in [3.63, 3.8) is 0 Å². The summed E-state index contributed by atoms with van der Waals surface area (Å²) in [6.45, 7) is 0. The lowest BCUT2D eigenvalue weighted by Crippen LogP contribution is -2.24. The summed E-state index contributed by atoms with van der Waals surface area (Å²) < 4.78 is 39.6. The molecular formula is C13H11F3N4OS. The summed E-state index contributed by atoms with van der Waals surface area (Å²) in [6, 6.07) is 5.08. The first-order valence-electron chi connectivity index (χ1n) is 6.46. The van der Waals surface area contributed by atoms with Crippen molar-refractivity contribution in [2.75, 3.05) is 5.43 Å². The maximum absolute atomic E-state index is 12.7. The van der Waals surface area contributed by atoms with Gasteiger partial charge in [-0.05, 0) is 36.2 Å². The molecule has 0 radical (unpaired) electrons. The third-order valence-corrected chi connectivity index (χ3v) is 3.84. The summed E-state index contributed by atoms with van der Waals surface area (Å²) in [5.74, 6) is -0.858. The van der Waals surface area contributed by atoms with Crippen LogP contribution in [-0.2, 0) is 11.0 Å². The summed E-state index contributed by atoms with van der Waals surface area (Å²) >= 11 is 4.90. The minimum atomic E-state index is -4.38. The SMILES string of the molecule is O=C(Nn1cn[nH]c1=S)[C@@H]1C[C@@H]1c1cccc(C(F)(F)F)c1. The van der Waals surface area contributed by atoms with Crippen LogP contribution in [-0.4, -0.2) is 20.8 Å². The molecule has 2 atom stereocenters. The smallest absolute Gasteiger partial charge is 0.273 e. The van der Waals surface area contributed by atoms with Crippen LogP contribution >= 0.6 is 12.2 Å². The van der Waals surface area contributed by atoms with E-state index in [-0.39, 0.29) is 22.5 Å². The van der Waals surface area contributed by atoms with Crippen LogP contribution in [0.4, 0.5) is 13.2 Å². The highest BCUT2D eigenvalue weighted by Crippen LogP contribution is 2.48. The third kappa shape index (κ3) is 2.89. The van der Waals surface area contributed by atoms with Gasteiger partial charge in [0.05, 0.1) is 5.56 Å².